The van der Waals surface area contributed by atoms with Gasteiger partial charge in [0.2, 0.25) is 0 Å². The fourth-order valence-electron chi connectivity index (χ4n) is 1.17. The number of hydrogen-bond acceptors (Lipinski definition) is 3. The molecule has 0 spiro atoms. The van der Waals surface area contributed by atoms with Gasteiger partial charge < -0.3 is 10.8 Å². The highest BCUT2D eigenvalue weighted by Crippen LogP contribution is 2.17. The van der Waals surface area contributed by atoms with E-state index in [2.05, 4.69) is 0 Å². The van der Waals surface area contributed by atoms with Crippen LogP contribution in [0.3, 0.4) is 0 Å². The van der Waals surface area contributed by atoms with Crippen LogP contribution in [0.15, 0.2) is 11.3 Å². The van der Waals surface area contributed by atoms with Gasteiger partial charge in [-0.25, -0.2) is 4.79 Å². The molecule has 4 nitrogen and oxygen atoms in total. The minimum absolute atomic E-state index is 0.00856. The summed E-state index contributed by atoms with van der Waals surface area (Å²) < 4.78 is 0. The topological polar surface area (TPSA) is 87.1 Å². The van der Waals surface area contributed by atoms with Crippen LogP contribution in [-0.2, 0) is 4.79 Å². The summed E-state index contributed by atoms with van der Waals surface area (Å²) in [6.07, 6.45) is 1.50. The number of hydrogen-bond donors (Lipinski definition) is 2. The van der Waals surface area contributed by atoms with Crippen molar-refractivity contribution in [2.24, 2.45) is 11.7 Å². The first-order valence-electron chi connectivity index (χ1n) is 4.21. The summed E-state index contributed by atoms with van der Waals surface area (Å²) in [5.74, 6) is -1.25. The van der Waals surface area contributed by atoms with Gasteiger partial charge in [-0.05, 0) is 18.8 Å². The van der Waals surface area contributed by atoms with E-state index in [1.807, 2.05) is 13.8 Å². The number of carbonyl (C=O) groups is 1. The van der Waals surface area contributed by atoms with Gasteiger partial charge in [-0.15, -0.1) is 0 Å². The van der Waals surface area contributed by atoms with E-state index in [0.29, 0.717) is 0 Å². The van der Waals surface area contributed by atoms with Crippen LogP contribution in [0.1, 0.15) is 26.7 Å². The van der Waals surface area contributed by atoms with Crippen molar-refractivity contribution in [2.45, 2.75) is 26.7 Å². The van der Waals surface area contributed by atoms with Crippen LogP contribution in [0.4, 0.5) is 0 Å². The summed E-state index contributed by atoms with van der Waals surface area (Å²) in [6.45, 7) is 3.83. The highest BCUT2D eigenvalue weighted by Gasteiger charge is 2.17. The van der Waals surface area contributed by atoms with E-state index in [0.717, 1.165) is 12.8 Å². The average Bonchev–Trinajstić information content (AvgIpc) is 2.07. The van der Waals surface area contributed by atoms with Gasteiger partial charge in [0.15, 0.2) is 5.57 Å². The van der Waals surface area contributed by atoms with E-state index in [1.165, 1.54) is 0 Å². The fraction of sp³-hybridized carbons (Fsp3) is 0.556. The molecule has 72 valence electrons. The molecule has 0 fully saturated rings. The molecule has 0 saturated carbocycles. The third-order valence-electron chi connectivity index (χ3n) is 2.04. The first kappa shape index (κ1) is 11.5. The molecule has 4 heteroatoms. The van der Waals surface area contributed by atoms with Crippen molar-refractivity contribution in [2.75, 3.05) is 0 Å². The number of aliphatic carboxylic acids is 1. The molecule has 0 bridgehead atoms. The van der Waals surface area contributed by atoms with Crippen LogP contribution in [-0.4, -0.2) is 11.1 Å². The monoisotopic (exact) mass is 182 g/mol. The lowest BCUT2D eigenvalue weighted by molar-refractivity contribution is -0.132. The van der Waals surface area contributed by atoms with Gasteiger partial charge in [0.1, 0.15) is 6.07 Å². The van der Waals surface area contributed by atoms with Crippen molar-refractivity contribution in [3.05, 3.63) is 11.3 Å². The molecule has 0 atom stereocenters. The predicted molar refractivity (Wildman–Crippen MR) is 48.5 cm³/mol. The van der Waals surface area contributed by atoms with E-state index >= 15 is 0 Å². The van der Waals surface area contributed by atoms with Gasteiger partial charge in [0, 0.05) is 5.70 Å². The second-order valence-electron chi connectivity index (χ2n) is 2.76. The molecular weight excluding hydrogens is 168 g/mol. The maximum atomic E-state index is 10.5. The molecule has 0 saturated heterocycles. The number of allylic oxidation sites excluding steroid dienone is 1. The Morgan fingerprint density at radius 2 is 2.00 bits per heavy atom. The number of nitrogens with zero attached hydrogens (tertiary/aromatic N) is 1. The van der Waals surface area contributed by atoms with Crippen LogP contribution in [0.2, 0.25) is 0 Å². The smallest absolute Gasteiger partial charge is 0.348 e. The number of nitriles is 1. The third kappa shape index (κ3) is 2.79. The van der Waals surface area contributed by atoms with Gasteiger partial charge >= 0.3 is 5.97 Å². The molecule has 0 radical (unpaired) electrons. The lowest BCUT2D eigenvalue weighted by Gasteiger charge is -2.12. The molecule has 0 aromatic carbocycles. The summed E-state index contributed by atoms with van der Waals surface area (Å²) in [7, 11) is 0. The Hall–Kier alpha value is -1.50. The van der Waals surface area contributed by atoms with Gasteiger partial charge in [-0.3, -0.25) is 0 Å². The summed E-state index contributed by atoms with van der Waals surface area (Å²) in [5.41, 5.74) is 5.44. The standard InChI is InChI=1S/C9H14N2O2/c1-3-6(4-2)8(11)7(5-10)9(12)13/h6H,3-4,11H2,1-2H3,(H,12,13). The molecule has 0 unspecified atom stereocenters. The van der Waals surface area contributed by atoms with Crippen LogP contribution in [0.25, 0.3) is 0 Å². The summed E-state index contributed by atoms with van der Waals surface area (Å²) in [4.78, 5) is 10.5. The second kappa shape index (κ2) is 5.20. The zero-order valence-electron chi connectivity index (χ0n) is 7.87. The highest BCUT2D eigenvalue weighted by atomic mass is 16.4. The van der Waals surface area contributed by atoms with E-state index in [9.17, 15) is 4.79 Å². The molecule has 0 aromatic rings. The van der Waals surface area contributed by atoms with Crippen molar-refractivity contribution < 1.29 is 9.90 Å². The first-order chi connectivity index (χ1) is 6.08. The van der Waals surface area contributed by atoms with Crippen molar-refractivity contribution in [1.29, 1.82) is 5.26 Å². The third-order valence-corrected chi connectivity index (χ3v) is 2.04. The Bertz CT molecular complexity index is 259. The Morgan fingerprint density at radius 1 is 1.54 bits per heavy atom. The van der Waals surface area contributed by atoms with Crippen molar-refractivity contribution >= 4 is 5.97 Å². The highest BCUT2D eigenvalue weighted by molar-refractivity contribution is 5.91. The zero-order chi connectivity index (χ0) is 10.4. The fourth-order valence-corrected chi connectivity index (χ4v) is 1.17. The maximum Gasteiger partial charge on any atom is 0.348 e. The summed E-state index contributed by atoms with van der Waals surface area (Å²) >= 11 is 0. The minimum Gasteiger partial charge on any atom is -0.477 e. The van der Waals surface area contributed by atoms with E-state index in [-0.39, 0.29) is 17.2 Å². The lowest BCUT2D eigenvalue weighted by Crippen LogP contribution is -2.17. The van der Waals surface area contributed by atoms with Crippen molar-refractivity contribution in [1.82, 2.24) is 0 Å². The molecule has 0 aliphatic heterocycles. The maximum absolute atomic E-state index is 10.5. The molecule has 0 aliphatic carbocycles. The van der Waals surface area contributed by atoms with Gasteiger partial charge in [0.25, 0.3) is 0 Å². The van der Waals surface area contributed by atoms with E-state index in [1.54, 1.807) is 6.07 Å². The van der Waals surface area contributed by atoms with E-state index < -0.39 is 5.97 Å². The lowest BCUT2D eigenvalue weighted by atomic mass is 9.96. The molecule has 0 aromatic heterocycles. The molecule has 0 aliphatic rings. The van der Waals surface area contributed by atoms with Crippen LogP contribution in [0, 0.1) is 17.2 Å². The van der Waals surface area contributed by atoms with Crippen LogP contribution in [0.5, 0.6) is 0 Å². The van der Waals surface area contributed by atoms with Crippen LogP contribution < -0.4 is 5.73 Å². The Morgan fingerprint density at radius 3 is 2.23 bits per heavy atom. The molecule has 13 heavy (non-hydrogen) atoms. The first-order valence-corrected chi connectivity index (χ1v) is 4.21. The predicted octanol–water partition coefficient (Wildman–Crippen LogP) is 1.24. The quantitative estimate of drug-likeness (QED) is 0.506. The number of rotatable bonds is 4. The molecular formula is C9H14N2O2. The zero-order valence-corrected chi connectivity index (χ0v) is 7.87. The average molecular weight is 182 g/mol. The normalized spacial score (nSPS) is 12.2. The molecule has 0 heterocycles. The Balaban J connectivity index is 4.96. The van der Waals surface area contributed by atoms with E-state index in [4.69, 9.17) is 16.1 Å². The number of carboxylic acid groups (broad SMARTS) is 1. The summed E-state index contributed by atoms with van der Waals surface area (Å²) in [6, 6.07) is 1.61. The largest absolute Gasteiger partial charge is 0.477 e. The summed E-state index contributed by atoms with van der Waals surface area (Å²) in [5, 5.41) is 17.2. The minimum atomic E-state index is -1.24. The van der Waals surface area contributed by atoms with Gasteiger partial charge in [-0.2, -0.15) is 5.26 Å². The number of nitrogens with two attached hydrogens (primary N) is 1. The van der Waals surface area contributed by atoms with Crippen molar-refractivity contribution in [3.8, 4) is 6.07 Å². The molecule has 0 amide bonds. The second-order valence-corrected chi connectivity index (χ2v) is 2.76. The SMILES string of the molecule is CCC(CC)C(N)=C(C#N)C(=O)O. The Kier molecular flexibility index (Phi) is 4.60. The van der Waals surface area contributed by atoms with Gasteiger partial charge in [-0.1, -0.05) is 13.8 Å². The van der Waals surface area contributed by atoms with Crippen molar-refractivity contribution in [3.63, 3.8) is 0 Å². The number of carboxylic acids is 1. The van der Waals surface area contributed by atoms with Gasteiger partial charge in [0.05, 0.1) is 0 Å². The van der Waals surface area contributed by atoms with Crippen LogP contribution >= 0.6 is 0 Å². The molecule has 3 N–H and O–H groups in total. The molecule has 0 rings (SSSR count). The Labute approximate surface area is 77.7 Å².